The number of hydrogen-bond acceptors (Lipinski definition) is 5. The molecule has 0 saturated heterocycles. The van der Waals surface area contributed by atoms with Crippen LogP contribution in [0.3, 0.4) is 0 Å². The summed E-state index contributed by atoms with van der Waals surface area (Å²) in [5.74, 6) is 0.201. The highest BCUT2D eigenvalue weighted by atomic mass is 35.5. The van der Waals surface area contributed by atoms with Crippen molar-refractivity contribution in [3.05, 3.63) is 63.2 Å². The van der Waals surface area contributed by atoms with Gasteiger partial charge in [0.25, 0.3) is 11.6 Å². The third-order valence-electron chi connectivity index (χ3n) is 3.58. The van der Waals surface area contributed by atoms with E-state index in [1.807, 2.05) is 0 Å². The summed E-state index contributed by atoms with van der Waals surface area (Å²) < 4.78 is 5.56. The van der Waals surface area contributed by atoms with E-state index in [0.29, 0.717) is 23.0 Å². The van der Waals surface area contributed by atoms with E-state index in [4.69, 9.17) is 16.3 Å². The van der Waals surface area contributed by atoms with Crippen molar-refractivity contribution in [2.45, 2.75) is 0 Å². The topological polar surface area (TPSA) is 84.7 Å². The predicted octanol–water partition coefficient (Wildman–Crippen LogP) is 3.44. The summed E-state index contributed by atoms with van der Waals surface area (Å²) in [4.78, 5) is 24.4. The molecule has 0 unspecified atom stereocenters. The number of non-ortho nitro benzene ring substituents is 1. The molecule has 0 heterocycles. The van der Waals surface area contributed by atoms with Gasteiger partial charge in [0.1, 0.15) is 12.4 Å². The van der Waals surface area contributed by atoms with Crippen LogP contribution in [0.15, 0.2) is 42.5 Å². The Hall–Kier alpha value is -2.80. The predicted molar refractivity (Wildman–Crippen MR) is 96.6 cm³/mol. The van der Waals surface area contributed by atoms with Crippen LogP contribution in [0.5, 0.6) is 5.75 Å². The zero-order chi connectivity index (χ0) is 18.4. The first-order valence-corrected chi connectivity index (χ1v) is 7.91. The Morgan fingerprint density at radius 3 is 2.68 bits per heavy atom. The van der Waals surface area contributed by atoms with Crippen molar-refractivity contribution in [3.8, 4) is 5.75 Å². The number of hydrogen-bond donors (Lipinski definition) is 1. The van der Waals surface area contributed by atoms with Crippen molar-refractivity contribution in [3.63, 3.8) is 0 Å². The number of likely N-dealkylation sites (N-methyl/N-ethyl adjacent to an activating group) is 1. The van der Waals surface area contributed by atoms with Crippen LogP contribution < -0.4 is 10.1 Å². The molecule has 0 radical (unpaired) electrons. The van der Waals surface area contributed by atoms with E-state index in [1.54, 1.807) is 38.4 Å². The Morgan fingerprint density at radius 1 is 1.32 bits per heavy atom. The fourth-order valence-corrected chi connectivity index (χ4v) is 2.39. The maximum atomic E-state index is 12.6. The number of halogens is 1. The minimum Gasteiger partial charge on any atom is -0.490 e. The zero-order valence-corrected chi connectivity index (χ0v) is 14.6. The molecular weight excluding hydrogens is 346 g/mol. The first kappa shape index (κ1) is 18.5. The highest BCUT2D eigenvalue weighted by Crippen LogP contribution is 2.24. The lowest BCUT2D eigenvalue weighted by Crippen LogP contribution is -2.31. The van der Waals surface area contributed by atoms with Gasteiger partial charge in [0.15, 0.2) is 0 Å². The summed E-state index contributed by atoms with van der Waals surface area (Å²) in [6.07, 6.45) is 0. The maximum Gasteiger partial charge on any atom is 0.270 e. The van der Waals surface area contributed by atoms with E-state index in [9.17, 15) is 14.9 Å². The number of amides is 1. The van der Waals surface area contributed by atoms with Crippen LogP contribution in [0.2, 0.25) is 5.02 Å². The number of anilines is 1. The molecule has 0 aliphatic carbocycles. The Balaban J connectivity index is 2.05. The van der Waals surface area contributed by atoms with E-state index in [1.165, 1.54) is 23.1 Å². The van der Waals surface area contributed by atoms with Crippen molar-refractivity contribution < 1.29 is 14.5 Å². The van der Waals surface area contributed by atoms with E-state index >= 15 is 0 Å². The third kappa shape index (κ3) is 4.60. The van der Waals surface area contributed by atoms with Crippen LogP contribution in [0.1, 0.15) is 10.4 Å². The van der Waals surface area contributed by atoms with Gasteiger partial charge in [-0.25, -0.2) is 0 Å². The minimum atomic E-state index is -0.531. The number of nitrogens with one attached hydrogen (secondary N) is 1. The number of rotatable bonds is 7. The van der Waals surface area contributed by atoms with Crippen molar-refractivity contribution in [1.29, 1.82) is 0 Å². The first-order valence-electron chi connectivity index (χ1n) is 7.53. The quantitative estimate of drug-likeness (QED) is 0.601. The van der Waals surface area contributed by atoms with Gasteiger partial charge < -0.3 is 15.0 Å². The second-order valence-corrected chi connectivity index (χ2v) is 5.65. The van der Waals surface area contributed by atoms with Gasteiger partial charge in [-0.3, -0.25) is 14.9 Å². The SMILES string of the molecule is CNc1ccc([N+](=O)[O-])cc1C(=O)N(C)CCOc1ccccc1Cl. The number of nitrogens with zero attached hydrogens (tertiary/aromatic N) is 2. The average molecular weight is 364 g/mol. The largest absolute Gasteiger partial charge is 0.490 e. The van der Waals surface area contributed by atoms with Crippen LogP contribution in [0.4, 0.5) is 11.4 Å². The summed E-state index contributed by atoms with van der Waals surface area (Å²) in [6.45, 7) is 0.547. The monoisotopic (exact) mass is 363 g/mol. The number of carbonyl (C=O) groups excluding carboxylic acids is 1. The lowest BCUT2D eigenvalue weighted by molar-refractivity contribution is -0.384. The summed E-state index contributed by atoms with van der Waals surface area (Å²) in [6, 6.07) is 11.2. The van der Waals surface area contributed by atoms with Gasteiger partial charge in [0.2, 0.25) is 0 Å². The van der Waals surface area contributed by atoms with Crippen molar-refractivity contribution in [1.82, 2.24) is 4.90 Å². The zero-order valence-electron chi connectivity index (χ0n) is 13.9. The van der Waals surface area contributed by atoms with Crippen molar-refractivity contribution >= 4 is 28.9 Å². The van der Waals surface area contributed by atoms with Crippen LogP contribution in [-0.4, -0.2) is 43.0 Å². The van der Waals surface area contributed by atoms with E-state index in [2.05, 4.69) is 5.32 Å². The van der Waals surface area contributed by atoms with E-state index < -0.39 is 4.92 Å². The highest BCUT2D eigenvalue weighted by molar-refractivity contribution is 6.32. The molecule has 0 atom stereocenters. The van der Waals surface area contributed by atoms with Gasteiger partial charge in [-0.1, -0.05) is 23.7 Å². The third-order valence-corrected chi connectivity index (χ3v) is 3.89. The Kier molecular flexibility index (Phi) is 6.19. The Labute approximate surface area is 150 Å². The molecule has 0 aromatic heterocycles. The standard InChI is InChI=1S/C17H18ClN3O4/c1-19-15-8-7-12(21(23)24)11-13(15)17(22)20(2)9-10-25-16-6-4-3-5-14(16)18/h3-8,11,19H,9-10H2,1-2H3. The maximum absolute atomic E-state index is 12.6. The average Bonchev–Trinajstić information content (AvgIpc) is 2.61. The number of para-hydroxylation sites is 1. The van der Waals surface area contributed by atoms with E-state index in [0.717, 1.165) is 0 Å². The van der Waals surface area contributed by atoms with Crippen LogP contribution in [0.25, 0.3) is 0 Å². The minimum absolute atomic E-state index is 0.136. The molecule has 0 saturated carbocycles. The van der Waals surface area contributed by atoms with Gasteiger partial charge in [0.05, 0.1) is 22.1 Å². The fraction of sp³-hybridized carbons (Fsp3) is 0.235. The van der Waals surface area contributed by atoms with Gasteiger partial charge in [0, 0.05) is 31.9 Å². The van der Waals surface area contributed by atoms with Gasteiger partial charge in [-0.15, -0.1) is 0 Å². The van der Waals surface area contributed by atoms with Crippen molar-refractivity contribution in [2.75, 3.05) is 32.6 Å². The normalized spacial score (nSPS) is 10.2. The van der Waals surface area contributed by atoms with Crippen LogP contribution >= 0.6 is 11.6 Å². The molecular formula is C17H18ClN3O4. The summed E-state index contributed by atoms with van der Waals surface area (Å²) in [7, 11) is 3.26. The van der Waals surface area contributed by atoms with Crippen LogP contribution in [0, 0.1) is 10.1 Å². The number of benzene rings is 2. The van der Waals surface area contributed by atoms with Gasteiger partial charge in [-0.05, 0) is 18.2 Å². The van der Waals surface area contributed by atoms with Gasteiger partial charge in [-0.2, -0.15) is 0 Å². The van der Waals surface area contributed by atoms with E-state index in [-0.39, 0.29) is 23.8 Å². The number of nitro groups is 1. The Morgan fingerprint density at radius 2 is 2.04 bits per heavy atom. The molecule has 0 fully saturated rings. The second-order valence-electron chi connectivity index (χ2n) is 5.24. The highest BCUT2D eigenvalue weighted by Gasteiger charge is 2.19. The molecule has 0 aliphatic heterocycles. The van der Waals surface area contributed by atoms with Crippen molar-refractivity contribution in [2.24, 2.45) is 0 Å². The number of ether oxygens (including phenoxy) is 1. The lowest BCUT2D eigenvalue weighted by atomic mass is 10.1. The molecule has 8 heteroatoms. The lowest BCUT2D eigenvalue weighted by Gasteiger charge is -2.19. The van der Waals surface area contributed by atoms with Gasteiger partial charge >= 0.3 is 0 Å². The second kappa shape index (κ2) is 8.34. The molecule has 2 rings (SSSR count). The molecule has 7 nitrogen and oxygen atoms in total. The molecule has 0 bridgehead atoms. The molecule has 0 spiro atoms. The summed E-state index contributed by atoms with van der Waals surface area (Å²) in [5.41, 5.74) is 0.620. The molecule has 25 heavy (non-hydrogen) atoms. The molecule has 1 N–H and O–H groups in total. The summed E-state index contributed by atoms with van der Waals surface area (Å²) in [5, 5.41) is 14.3. The van der Waals surface area contributed by atoms with Crippen LogP contribution in [-0.2, 0) is 0 Å². The molecule has 1 amide bonds. The molecule has 2 aromatic carbocycles. The molecule has 2 aromatic rings. The Bertz CT molecular complexity index is 782. The number of nitro benzene ring substituents is 1. The first-order chi connectivity index (χ1) is 11.9. The molecule has 132 valence electrons. The molecule has 0 aliphatic rings. The number of carbonyl (C=O) groups is 1. The smallest absolute Gasteiger partial charge is 0.270 e. The fourth-order valence-electron chi connectivity index (χ4n) is 2.20. The summed E-state index contributed by atoms with van der Waals surface area (Å²) >= 11 is 6.01.